The number of fused-ring (bicyclic) bond motifs is 1. The van der Waals surface area contributed by atoms with Crippen LogP contribution in [-0.2, 0) is 22.4 Å². The zero-order valence-electron chi connectivity index (χ0n) is 11.9. The second-order valence-corrected chi connectivity index (χ2v) is 4.94. The molecule has 1 aromatic rings. The maximum atomic E-state index is 12.2. The molecule has 0 heterocycles. The summed E-state index contributed by atoms with van der Waals surface area (Å²) in [5.41, 5.74) is 1.61. The van der Waals surface area contributed by atoms with Gasteiger partial charge in [0.2, 0.25) is 0 Å². The van der Waals surface area contributed by atoms with Gasteiger partial charge >= 0.3 is 5.97 Å². The van der Waals surface area contributed by atoms with E-state index in [4.69, 9.17) is 15.9 Å². The van der Waals surface area contributed by atoms with Crippen LogP contribution in [-0.4, -0.2) is 32.3 Å². The number of terminal acetylenes is 1. The molecule has 1 N–H and O–H groups in total. The maximum absolute atomic E-state index is 12.2. The minimum atomic E-state index is -0.736. The molecule has 0 aromatic heterocycles. The molecule has 0 spiro atoms. The summed E-state index contributed by atoms with van der Waals surface area (Å²) in [5, 5.41) is 3.16. The quantitative estimate of drug-likeness (QED) is 0.664. The molecule has 1 unspecified atom stereocenters. The van der Waals surface area contributed by atoms with Crippen molar-refractivity contribution in [2.75, 3.05) is 20.8 Å². The van der Waals surface area contributed by atoms with Crippen molar-refractivity contribution in [2.24, 2.45) is 0 Å². The first-order valence-electron chi connectivity index (χ1n) is 6.58. The van der Waals surface area contributed by atoms with E-state index in [2.05, 4.69) is 17.3 Å². The molecule has 4 nitrogen and oxygen atoms in total. The van der Waals surface area contributed by atoms with Gasteiger partial charge in [-0.1, -0.05) is 12.0 Å². The smallest absolute Gasteiger partial charge is 0.326 e. The van der Waals surface area contributed by atoms with E-state index in [0.29, 0.717) is 19.4 Å². The van der Waals surface area contributed by atoms with Crippen LogP contribution in [0.5, 0.6) is 5.75 Å². The molecular formula is C16H19NO3. The second kappa shape index (κ2) is 5.98. The maximum Gasteiger partial charge on any atom is 0.326 e. The van der Waals surface area contributed by atoms with Crippen LogP contribution in [0.1, 0.15) is 17.5 Å². The zero-order chi connectivity index (χ0) is 14.6. The molecule has 20 heavy (non-hydrogen) atoms. The molecule has 0 amide bonds. The number of hydrogen-bond acceptors (Lipinski definition) is 4. The van der Waals surface area contributed by atoms with Gasteiger partial charge in [0.05, 0.1) is 20.8 Å². The Kier molecular flexibility index (Phi) is 4.31. The molecule has 0 radical (unpaired) electrons. The minimum Gasteiger partial charge on any atom is -0.497 e. The Hall–Kier alpha value is -1.99. The van der Waals surface area contributed by atoms with Gasteiger partial charge in [0, 0.05) is 6.42 Å². The summed E-state index contributed by atoms with van der Waals surface area (Å²) in [4.78, 5) is 12.2. The number of esters is 1. The molecule has 1 aliphatic carbocycles. The van der Waals surface area contributed by atoms with Gasteiger partial charge in [-0.3, -0.25) is 10.1 Å². The highest BCUT2D eigenvalue weighted by Crippen LogP contribution is 2.32. The van der Waals surface area contributed by atoms with Crippen LogP contribution in [0.3, 0.4) is 0 Å². The summed E-state index contributed by atoms with van der Waals surface area (Å²) in [5.74, 6) is 3.05. The summed E-state index contributed by atoms with van der Waals surface area (Å²) >= 11 is 0. The molecule has 0 aliphatic heterocycles. The predicted molar refractivity (Wildman–Crippen MR) is 76.6 cm³/mol. The minimum absolute atomic E-state index is 0.263. The van der Waals surface area contributed by atoms with Gasteiger partial charge in [-0.05, 0) is 36.1 Å². The molecular weight excluding hydrogens is 254 g/mol. The molecule has 0 saturated carbocycles. The van der Waals surface area contributed by atoms with E-state index >= 15 is 0 Å². The highest BCUT2D eigenvalue weighted by molar-refractivity contribution is 5.82. The van der Waals surface area contributed by atoms with Gasteiger partial charge in [0.1, 0.15) is 11.3 Å². The molecule has 1 atom stereocenters. The Bertz CT molecular complexity index is 547. The number of carbonyl (C=O) groups is 1. The molecule has 1 aliphatic rings. The first-order valence-corrected chi connectivity index (χ1v) is 6.58. The van der Waals surface area contributed by atoms with Crippen molar-refractivity contribution in [3.05, 3.63) is 29.3 Å². The number of benzene rings is 1. The third kappa shape index (κ3) is 2.63. The Morgan fingerprint density at radius 2 is 2.25 bits per heavy atom. The van der Waals surface area contributed by atoms with Crippen molar-refractivity contribution in [3.63, 3.8) is 0 Å². The van der Waals surface area contributed by atoms with Crippen molar-refractivity contribution in [1.82, 2.24) is 5.32 Å². The Balaban J connectivity index is 2.33. The fourth-order valence-electron chi connectivity index (χ4n) is 2.71. The third-order valence-electron chi connectivity index (χ3n) is 3.83. The molecule has 106 valence electrons. The van der Waals surface area contributed by atoms with E-state index in [1.54, 1.807) is 7.11 Å². The van der Waals surface area contributed by atoms with Crippen LogP contribution in [0.2, 0.25) is 0 Å². The van der Waals surface area contributed by atoms with Gasteiger partial charge in [-0.15, -0.1) is 6.42 Å². The highest BCUT2D eigenvalue weighted by Gasteiger charge is 2.41. The summed E-state index contributed by atoms with van der Waals surface area (Å²) < 4.78 is 10.2. The molecule has 2 rings (SSSR count). The fourth-order valence-corrected chi connectivity index (χ4v) is 2.71. The number of aryl methyl sites for hydroxylation is 1. The number of methoxy groups -OCH3 is 2. The summed E-state index contributed by atoms with van der Waals surface area (Å²) in [6.45, 7) is 0.342. The van der Waals surface area contributed by atoms with E-state index in [1.165, 1.54) is 12.7 Å². The van der Waals surface area contributed by atoms with Crippen LogP contribution < -0.4 is 10.1 Å². The number of nitrogens with one attached hydrogen (secondary N) is 1. The summed E-state index contributed by atoms with van der Waals surface area (Å²) in [6.07, 6.45) is 7.36. The van der Waals surface area contributed by atoms with E-state index in [0.717, 1.165) is 17.7 Å². The number of rotatable bonds is 4. The van der Waals surface area contributed by atoms with Crippen molar-refractivity contribution in [3.8, 4) is 18.1 Å². The lowest BCUT2D eigenvalue weighted by Crippen LogP contribution is -2.56. The molecule has 0 saturated heterocycles. The predicted octanol–water partition coefficient (Wildman–Crippen LogP) is 1.32. The van der Waals surface area contributed by atoms with Crippen LogP contribution in [0.4, 0.5) is 0 Å². The number of ether oxygens (including phenoxy) is 2. The normalized spacial score (nSPS) is 20.6. The van der Waals surface area contributed by atoms with Crippen LogP contribution >= 0.6 is 0 Å². The Labute approximate surface area is 119 Å². The van der Waals surface area contributed by atoms with Crippen LogP contribution in [0.25, 0.3) is 0 Å². The zero-order valence-corrected chi connectivity index (χ0v) is 11.9. The summed E-state index contributed by atoms with van der Waals surface area (Å²) in [6, 6.07) is 5.97. The second-order valence-electron chi connectivity index (χ2n) is 4.94. The average molecular weight is 273 g/mol. The van der Waals surface area contributed by atoms with Gasteiger partial charge < -0.3 is 9.47 Å². The number of hydrogen-bond donors (Lipinski definition) is 1. The lowest BCUT2D eigenvalue weighted by molar-refractivity contribution is -0.149. The standard InChI is InChI=1S/C16H19NO3/c1-4-9-17-16(15(18)20-3)8-7-12-5-6-14(19-2)10-13(12)11-16/h1,5-6,10,17H,7-9,11H2,2-3H3. The van der Waals surface area contributed by atoms with Crippen molar-refractivity contribution in [2.45, 2.75) is 24.8 Å². The van der Waals surface area contributed by atoms with Crippen LogP contribution in [0.15, 0.2) is 18.2 Å². The van der Waals surface area contributed by atoms with Gasteiger partial charge in [-0.25, -0.2) is 0 Å². The van der Waals surface area contributed by atoms with E-state index in [1.807, 2.05) is 12.1 Å². The Morgan fingerprint density at radius 3 is 2.90 bits per heavy atom. The van der Waals surface area contributed by atoms with Gasteiger partial charge in [0.25, 0.3) is 0 Å². The third-order valence-corrected chi connectivity index (χ3v) is 3.83. The number of carbonyl (C=O) groups excluding carboxylic acids is 1. The lowest BCUT2D eigenvalue weighted by Gasteiger charge is -2.36. The fraction of sp³-hybridized carbons (Fsp3) is 0.438. The van der Waals surface area contributed by atoms with Gasteiger partial charge in [-0.2, -0.15) is 0 Å². The van der Waals surface area contributed by atoms with Crippen molar-refractivity contribution >= 4 is 5.97 Å². The summed E-state index contributed by atoms with van der Waals surface area (Å²) in [7, 11) is 3.04. The van der Waals surface area contributed by atoms with Gasteiger partial charge in [0.15, 0.2) is 0 Å². The average Bonchev–Trinajstić information content (AvgIpc) is 2.51. The topological polar surface area (TPSA) is 47.6 Å². The highest BCUT2D eigenvalue weighted by atomic mass is 16.5. The van der Waals surface area contributed by atoms with E-state index < -0.39 is 5.54 Å². The molecule has 1 aromatic carbocycles. The van der Waals surface area contributed by atoms with Crippen LogP contribution in [0, 0.1) is 12.3 Å². The monoisotopic (exact) mass is 273 g/mol. The SMILES string of the molecule is C#CCNC1(C(=O)OC)CCc2ccc(OC)cc2C1. The first kappa shape index (κ1) is 14.4. The molecule has 0 fully saturated rings. The lowest BCUT2D eigenvalue weighted by atomic mass is 9.77. The van der Waals surface area contributed by atoms with Crippen molar-refractivity contribution < 1.29 is 14.3 Å². The largest absolute Gasteiger partial charge is 0.497 e. The molecule has 0 bridgehead atoms. The Morgan fingerprint density at radius 1 is 1.45 bits per heavy atom. The van der Waals surface area contributed by atoms with E-state index in [-0.39, 0.29) is 5.97 Å². The first-order chi connectivity index (χ1) is 9.65. The molecule has 4 heteroatoms. The van der Waals surface area contributed by atoms with Crippen molar-refractivity contribution in [1.29, 1.82) is 0 Å². The van der Waals surface area contributed by atoms with E-state index in [9.17, 15) is 4.79 Å².